The summed E-state index contributed by atoms with van der Waals surface area (Å²) in [4.78, 5) is 0. The molecule has 0 aromatic heterocycles. The van der Waals surface area contributed by atoms with Gasteiger partial charge in [0.25, 0.3) is 0 Å². The molecule has 8 rings (SSSR count). The zero-order valence-electron chi connectivity index (χ0n) is 29.1. The van der Waals surface area contributed by atoms with Gasteiger partial charge in [-0.3, -0.25) is 0 Å². The average Bonchev–Trinajstić information content (AvgIpc) is 3.72. The van der Waals surface area contributed by atoms with Crippen molar-refractivity contribution in [1.82, 2.24) is 0 Å². The number of hydrogen-bond acceptors (Lipinski definition) is 0. The molecule has 0 saturated carbocycles. The Kier molecular flexibility index (Phi) is 16.2. The molecule has 0 N–H and O–H groups in total. The molecule has 3 heteroatoms. The monoisotopic (exact) mass is 768 g/mol. The number of benzene rings is 6. The van der Waals surface area contributed by atoms with Crippen LogP contribution >= 0.6 is 0 Å². The third-order valence-corrected chi connectivity index (χ3v) is 8.86. The predicted molar refractivity (Wildman–Crippen MR) is 208 cm³/mol. The molecular weight excluding hydrogens is 727 g/mol. The van der Waals surface area contributed by atoms with Crippen molar-refractivity contribution in [3.63, 3.8) is 0 Å². The molecule has 0 aliphatic rings. The summed E-state index contributed by atoms with van der Waals surface area (Å²) in [6, 6.07) is 53.2. The summed E-state index contributed by atoms with van der Waals surface area (Å²) in [5.41, 5.74) is 8.25. The van der Waals surface area contributed by atoms with Crippen LogP contribution in [-0.4, -0.2) is 0 Å². The van der Waals surface area contributed by atoms with E-state index in [-0.39, 0.29) is 51.0 Å². The molecule has 0 amide bonds. The van der Waals surface area contributed by atoms with Gasteiger partial charge >= 0.3 is 26.2 Å². The van der Waals surface area contributed by atoms with E-state index in [1.54, 1.807) is 0 Å². The minimum Gasteiger partial charge on any atom is -1.00 e. The van der Waals surface area contributed by atoms with Gasteiger partial charge in [0, 0.05) is 0 Å². The van der Waals surface area contributed by atoms with Crippen LogP contribution in [0.1, 0.15) is 44.2 Å². The van der Waals surface area contributed by atoms with Crippen LogP contribution in [0.25, 0.3) is 65.3 Å². The SMILES string of the molecule is CCCc1cc2c(-c3cccc4ccccc34)cccc2[cH-]1.CCCc1cc2c(-c3cccc4ccccc34)cccc2[cH-]1.[CH2-]C[CH2-].[Cl-].[Cl-].[Zr+2]. The van der Waals surface area contributed by atoms with E-state index in [2.05, 4.69) is 173 Å². The van der Waals surface area contributed by atoms with E-state index in [0.717, 1.165) is 19.3 Å². The number of hydrogen-bond donors (Lipinski definition) is 0. The second-order valence-corrected chi connectivity index (χ2v) is 12.3. The van der Waals surface area contributed by atoms with Crippen molar-refractivity contribution in [3.8, 4) is 22.3 Å². The Bertz CT molecular complexity index is 2070. The number of rotatable bonds is 6. The van der Waals surface area contributed by atoms with Crippen molar-refractivity contribution < 1.29 is 51.0 Å². The summed E-state index contributed by atoms with van der Waals surface area (Å²) in [6.07, 6.45) is 5.45. The first kappa shape index (κ1) is 40.9. The molecule has 0 fully saturated rings. The quantitative estimate of drug-likeness (QED) is 0.152. The first-order valence-electron chi connectivity index (χ1n) is 17.1. The van der Waals surface area contributed by atoms with Crippen LogP contribution < -0.4 is 24.8 Å². The zero-order chi connectivity index (χ0) is 32.6. The van der Waals surface area contributed by atoms with Crippen LogP contribution in [0.15, 0.2) is 146 Å². The van der Waals surface area contributed by atoms with Crippen LogP contribution in [-0.2, 0) is 39.0 Å². The zero-order valence-corrected chi connectivity index (χ0v) is 33.0. The minimum atomic E-state index is 0. The Morgan fingerprint density at radius 1 is 0.440 bits per heavy atom. The van der Waals surface area contributed by atoms with Crippen molar-refractivity contribution in [3.05, 3.63) is 171 Å². The largest absolute Gasteiger partial charge is 2.00 e. The van der Waals surface area contributed by atoms with E-state index in [9.17, 15) is 0 Å². The molecule has 0 atom stereocenters. The Morgan fingerprint density at radius 3 is 1.14 bits per heavy atom. The average molecular weight is 771 g/mol. The summed E-state index contributed by atoms with van der Waals surface area (Å²) in [6.45, 7) is 11.2. The molecule has 254 valence electrons. The van der Waals surface area contributed by atoms with E-state index in [1.807, 2.05) is 0 Å². The summed E-state index contributed by atoms with van der Waals surface area (Å²) in [5, 5.41) is 10.7. The van der Waals surface area contributed by atoms with Crippen molar-refractivity contribution in [2.24, 2.45) is 0 Å². The summed E-state index contributed by atoms with van der Waals surface area (Å²) in [7, 11) is 0. The van der Waals surface area contributed by atoms with Crippen molar-refractivity contribution in [2.75, 3.05) is 0 Å². The van der Waals surface area contributed by atoms with Crippen molar-refractivity contribution in [2.45, 2.75) is 46.0 Å². The Balaban J connectivity index is 0.000000238. The normalized spacial score (nSPS) is 10.3. The second kappa shape index (κ2) is 19.8. The molecule has 0 saturated heterocycles. The topological polar surface area (TPSA) is 0 Å². The van der Waals surface area contributed by atoms with Gasteiger partial charge in [-0.25, -0.2) is 0 Å². The van der Waals surface area contributed by atoms with Crippen molar-refractivity contribution >= 4 is 43.1 Å². The molecule has 0 aliphatic heterocycles. The Labute approximate surface area is 330 Å². The first-order valence-corrected chi connectivity index (χ1v) is 17.1. The van der Waals surface area contributed by atoms with Crippen LogP contribution in [0.5, 0.6) is 0 Å². The molecule has 8 aromatic rings. The first-order chi connectivity index (χ1) is 23.1. The molecule has 0 bridgehead atoms. The second-order valence-electron chi connectivity index (χ2n) is 12.3. The minimum absolute atomic E-state index is 0. The fourth-order valence-corrected chi connectivity index (χ4v) is 6.85. The number of aryl methyl sites for hydroxylation is 2. The van der Waals surface area contributed by atoms with Gasteiger partial charge in [-0.05, 0) is 45.5 Å². The summed E-state index contributed by atoms with van der Waals surface area (Å²) >= 11 is 0. The maximum absolute atomic E-state index is 3.38. The van der Waals surface area contributed by atoms with Crippen molar-refractivity contribution in [1.29, 1.82) is 0 Å². The molecule has 0 spiro atoms. The van der Waals surface area contributed by atoms with Crippen LogP contribution in [0.4, 0.5) is 0 Å². The van der Waals surface area contributed by atoms with Gasteiger partial charge in [0.2, 0.25) is 0 Å². The summed E-state index contributed by atoms with van der Waals surface area (Å²) < 4.78 is 0. The maximum atomic E-state index is 3.38. The van der Waals surface area contributed by atoms with E-state index >= 15 is 0 Å². The fraction of sp³-hybridized carbons (Fsp3) is 0.149. The molecule has 8 aromatic carbocycles. The molecule has 0 heterocycles. The molecule has 0 radical (unpaired) electrons. The van der Waals surface area contributed by atoms with Gasteiger partial charge in [-0.1, -0.05) is 135 Å². The number of fused-ring (bicyclic) bond motifs is 4. The van der Waals surface area contributed by atoms with Crippen LogP contribution in [0.2, 0.25) is 0 Å². The molecule has 0 aliphatic carbocycles. The third-order valence-electron chi connectivity index (χ3n) is 8.86. The smallest absolute Gasteiger partial charge is 1.00 e. The van der Waals surface area contributed by atoms with Crippen LogP contribution in [0, 0.1) is 13.8 Å². The Hall–Kier alpha value is -3.48. The Morgan fingerprint density at radius 2 is 0.760 bits per heavy atom. The van der Waals surface area contributed by atoms with E-state index in [0.29, 0.717) is 0 Å². The van der Waals surface area contributed by atoms with Crippen LogP contribution in [0.3, 0.4) is 0 Å². The van der Waals surface area contributed by atoms with Gasteiger partial charge < -0.3 is 45.1 Å². The summed E-state index contributed by atoms with van der Waals surface area (Å²) in [5.74, 6) is 0. The number of halogens is 2. The van der Waals surface area contributed by atoms with E-state index < -0.39 is 0 Å². The fourth-order valence-electron chi connectivity index (χ4n) is 6.85. The van der Waals surface area contributed by atoms with Gasteiger partial charge in [-0.2, -0.15) is 12.1 Å². The molecule has 0 unspecified atom stereocenters. The van der Waals surface area contributed by atoms with E-state index in [4.69, 9.17) is 0 Å². The van der Waals surface area contributed by atoms with Gasteiger partial charge in [0.05, 0.1) is 0 Å². The van der Waals surface area contributed by atoms with Gasteiger partial charge in [0.15, 0.2) is 0 Å². The molecule has 50 heavy (non-hydrogen) atoms. The third kappa shape index (κ3) is 9.05. The molecule has 0 nitrogen and oxygen atoms in total. The standard InChI is InChI=1S/2C22H19.C3H6.2ClH.Zr/c2*1-2-7-16-14-18-10-6-13-21(22(18)15-16)20-12-5-9-17-8-3-4-11-19(17)20;1-3-2;;;/h2*3-6,8-15H,2,7H2,1H3;1-3H2;2*1H;/q2*-1;-2;;;+2/p-2. The van der Waals surface area contributed by atoms with Gasteiger partial charge in [-0.15, -0.1) is 69.1 Å². The van der Waals surface area contributed by atoms with E-state index in [1.165, 1.54) is 89.3 Å². The maximum Gasteiger partial charge on any atom is 2.00 e. The molecular formula is C47H44Cl2Zr-4. The predicted octanol–water partition coefficient (Wildman–Crippen LogP) is 7.71. The van der Waals surface area contributed by atoms with Gasteiger partial charge in [0.1, 0.15) is 0 Å².